The molecule has 4 aromatic rings. The summed E-state index contributed by atoms with van der Waals surface area (Å²) in [5.74, 6) is -0.513. The summed E-state index contributed by atoms with van der Waals surface area (Å²) in [6.45, 7) is 3.76. The molecule has 4 rings (SSSR count). The van der Waals surface area contributed by atoms with Crippen molar-refractivity contribution in [3.63, 3.8) is 0 Å². The summed E-state index contributed by atoms with van der Waals surface area (Å²) in [5.41, 5.74) is 3.99. The van der Waals surface area contributed by atoms with Crippen molar-refractivity contribution in [3.8, 4) is 6.07 Å². The summed E-state index contributed by atoms with van der Waals surface area (Å²) in [6, 6.07) is 14.6. The summed E-state index contributed by atoms with van der Waals surface area (Å²) in [5, 5.41) is 16.7. The normalized spacial score (nSPS) is 11.1. The van der Waals surface area contributed by atoms with Crippen molar-refractivity contribution >= 4 is 55.5 Å². The van der Waals surface area contributed by atoms with Crippen LogP contribution in [0.25, 0.3) is 10.3 Å². The number of nitrogens with zero attached hydrogens (tertiary/aromatic N) is 4. The first-order valence-electron chi connectivity index (χ1n) is 11.5. The van der Waals surface area contributed by atoms with Gasteiger partial charge in [0.2, 0.25) is 0 Å². The fraction of sp³-hybridized carbons (Fsp3) is 0.269. The number of benzene rings is 2. The van der Waals surface area contributed by atoms with Crippen LogP contribution in [-0.4, -0.2) is 55.4 Å². The highest BCUT2D eigenvalue weighted by molar-refractivity contribution is 7.22. The van der Waals surface area contributed by atoms with Crippen molar-refractivity contribution in [2.75, 3.05) is 51.2 Å². The maximum Gasteiger partial charge on any atom is 0.189 e. The zero-order valence-corrected chi connectivity index (χ0v) is 22.0. The molecule has 0 amide bonds. The molecule has 0 spiro atoms. The molecule has 2 N–H and O–H groups in total. The Kier molecular flexibility index (Phi) is 9.22. The van der Waals surface area contributed by atoms with Crippen LogP contribution in [0.1, 0.15) is 11.1 Å². The molecule has 0 saturated heterocycles. The largest absolute Gasteiger partial charge is 0.383 e. The van der Waals surface area contributed by atoms with Gasteiger partial charge in [0.15, 0.2) is 10.8 Å². The summed E-state index contributed by atoms with van der Waals surface area (Å²) < 4.78 is 24.7. The molecule has 0 fully saturated rings. The number of nitriles is 1. The number of nitrogens with one attached hydrogen (secondary N) is 2. The highest BCUT2D eigenvalue weighted by Gasteiger charge is 2.15. The number of aromatic nitrogens is 2. The Morgan fingerprint density at radius 2 is 1.76 bits per heavy atom. The van der Waals surface area contributed by atoms with E-state index >= 15 is 0 Å². The minimum Gasteiger partial charge on any atom is -0.383 e. The Balaban J connectivity index is 1.51. The smallest absolute Gasteiger partial charge is 0.189 e. The molecular weight excluding hydrogens is 515 g/mol. The van der Waals surface area contributed by atoms with E-state index in [1.54, 1.807) is 20.3 Å². The SMILES string of the molecule is COCCN(CCOC)Cc1ccc(Nc2nc3ncc(C#N)c(Nc4ccc(F)c(Cl)c4)c3s2)cc1. The van der Waals surface area contributed by atoms with Crippen molar-refractivity contribution in [1.29, 1.82) is 5.26 Å². The van der Waals surface area contributed by atoms with Crippen molar-refractivity contribution in [2.24, 2.45) is 0 Å². The van der Waals surface area contributed by atoms with E-state index in [1.165, 1.54) is 35.2 Å². The van der Waals surface area contributed by atoms with Crippen molar-refractivity contribution in [3.05, 3.63) is 70.6 Å². The number of halogens is 2. The summed E-state index contributed by atoms with van der Waals surface area (Å²) in [7, 11) is 3.40. The summed E-state index contributed by atoms with van der Waals surface area (Å²) in [4.78, 5) is 11.2. The maximum absolute atomic E-state index is 13.6. The third-order valence-corrected chi connectivity index (χ3v) is 6.83. The zero-order chi connectivity index (χ0) is 26.2. The second kappa shape index (κ2) is 12.8. The lowest BCUT2D eigenvalue weighted by molar-refractivity contribution is 0.110. The fourth-order valence-corrected chi connectivity index (χ4v) is 4.77. The van der Waals surface area contributed by atoms with Gasteiger partial charge in [0.25, 0.3) is 0 Å². The monoisotopic (exact) mass is 540 g/mol. The minimum atomic E-state index is -0.513. The molecule has 192 valence electrons. The molecule has 8 nitrogen and oxygen atoms in total. The number of anilines is 4. The summed E-state index contributed by atoms with van der Waals surface area (Å²) >= 11 is 7.29. The molecule has 11 heteroatoms. The Hall–Kier alpha value is -3.33. The van der Waals surface area contributed by atoms with Crippen LogP contribution in [0.5, 0.6) is 0 Å². The zero-order valence-electron chi connectivity index (χ0n) is 20.4. The van der Waals surface area contributed by atoms with Crippen molar-refractivity contribution in [2.45, 2.75) is 6.54 Å². The number of hydrogen-bond acceptors (Lipinski definition) is 9. The third-order valence-electron chi connectivity index (χ3n) is 5.57. The molecule has 2 heterocycles. The van der Waals surface area contributed by atoms with Crippen molar-refractivity contribution in [1.82, 2.24) is 14.9 Å². The van der Waals surface area contributed by atoms with E-state index in [9.17, 15) is 9.65 Å². The second-order valence-corrected chi connectivity index (χ2v) is 9.57. The molecule has 0 aliphatic rings. The quantitative estimate of drug-likeness (QED) is 0.228. The van der Waals surface area contributed by atoms with Crippen LogP contribution in [-0.2, 0) is 16.0 Å². The van der Waals surface area contributed by atoms with Gasteiger partial charge in [-0.05, 0) is 35.9 Å². The van der Waals surface area contributed by atoms with E-state index in [0.29, 0.717) is 45.6 Å². The number of methoxy groups -OCH3 is 2. The first-order chi connectivity index (χ1) is 18.0. The number of rotatable bonds is 12. The van der Waals surface area contributed by atoms with Crippen LogP contribution in [0.2, 0.25) is 5.02 Å². The molecule has 0 saturated carbocycles. The van der Waals surface area contributed by atoms with Gasteiger partial charge in [-0.15, -0.1) is 0 Å². The Morgan fingerprint density at radius 3 is 2.41 bits per heavy atom. The number of pyridine rings is 1. The topological polar surface area (TPSA) is 95.3 Å². The predicted molar refractivity (Wildman–Crippen MR) is 146 cm³/mol. The molecule has 0 bridgehead atoms. The molecular formula is C26H26ClFN6O2S. The summed E-state index contributed by atoms with van der Waals surface area (Å²) in [6.07, 6.45) is 1.47. The third kappa shape index (κ3) is 6.91. The lowest BCUT2D eigenvalue weighted by Gasteiger charge is -2.21. The molecule has 2 aromatic carbocycles. The van der Waals surface area contributed by atoms with Gasteiger partial charge in [-0.1, -0.05) is 35.1 Å². The van der Waals surface area contributed by atoms with Crippen LogP contribution >= 0.6 is 22.9 Å². The van der Waals surface area contributed by atoms with Crippen LogP contribution in [0.3, 0.4) is 0 Å². The van der Waals surface area contributed by atoms with Crippen molar-refractivity contribution < 1.29 is 13.9 Å². The van der Waals surface area contributed by atoms with Gasteiger partial charge in [0.1, 0.15) is 16.6 Å². The van der Waals surface area contributed by atoms with Gasteiger partial charge in [-0.3, -0.25) is 4.90 Å². The fourth-order valence-electron chi connectivity index (χ4n) is 3.64. The van der Waals surface area contributed by atoms with E-state index in [-0.39, 0.29) is 5.02 Å². The Labute approximate surface area is 223 Å². The van der Waals surface area contributed by atoms with E-state index in [1.807, 2.05) is 12.1 Å². The minimum absolute atomic E-state index is 0.00979. The van der Waals surface area contributed by atoms with Gasteiger partial charge in [-0.2, -0.15) is 10.2 Å². The highest BCUT2D eigenvalue weighted by atomic mass is 35.5. The molecule has 0 aliphatic carbocycles. The molecule has 37 heavy (non-hydrogen) atoms. The maximum atomic E-state index is 13.6. The van der Waals surface area contributed by atoms with Gasteiger partial charge >= 0.3 is 0 Å². The van der Waals surface area contributed by atoms with Gasteiger partial charge in [0, 0.05) is 51.4 Å². The van der Waals surface area contributed by atoms with Gasteiger partial charge in [-0.25, -0.2) is 9.37 Å². The molecule has 2 aromatic heterocycles. The molecule has 0 atom stereocenters. The first kappa shape index (κ1) is 26.7. The van der Waals surface area contributed by atoms with Crippen LogP contribution in [0, 0.1) is 17.1 Å². The first-order valence-corrected chi connectivity index (χ1v) is 12.7. The van der Waals surface area contributed by atoms with E-state index in [2.05, 4.69) is 43.7 Å². The number of fused-ring (bicyclic) bond motifs is 1. The van der Waals surface area contributed by atoms with Crippen LogP contribution in [0.15, 0.2) is 48.7 Å². The number of thiazole rings is 1. The van der Waals surface area contributed by atoms with E-state index in [0.717, 1.165) is 25.3 Å². The number of ether oxygens (including phenoxy) is 2. The van der Waals surface area contributed by atoms with Crippen LogP contribution in [0.4, 0.5) is 26.6 Å². The van der Waals surface area contributed by atoms with Gasteiger partial charge in [0.05, 0.1) is 29.5 Å². The standard InChI is InChI=1S/C26H26ClFN6O2S/c1-35-11-9-34(10-12-36-2)16-17-3-5-19(6-4-17)32-26-33-25-24(37-26)23(18(14-29)15-30-25)31-20-7-8-22(28)21(27)13-20/h3-8,13,15H,9-12,16H2,1-2H3,(H2,30,31,32,33). The second-order valence-electron chi connectivity index (χ2n) is 8.17. The van der Waals surface area contributed by atoms with E-state index < -0.39 is 5.82 Å². The average molecular weight is 541 g/mol. The van der Waals surface area contributed by atoms with Crippen LogP contribution < -0.4 is 10.6 Å². The highest BCUT2D eigenvalue weighted by Crippen LogP contribution is 2.36. The molecule has 0 aliphatic heterocycles. The number of hydrogen-bond donors (Lipinski definition) is 2. The lowest BCUT2D eigenvalue weighted by atomic mass is 10.2. The Morgan fingerprint density at radius 1 is 1.05 bits per heavy atom. The predicted octanol–water partition coefficient (Wildman–Crippen LogP) is 5.94. The van der Waals surface area contributed by atoms with E-state index in [4.69, 9.17) is 21.1 Å². The average Bonchev–Trinajstić information content (AvgIpc) is 3.32. The molecule has 0 unspecified atom stereocenters. The Bertz CT molecular complexity index is 1380. The lowest BCUT2D eigenvalue weighted by Crippen LogP contribution is -2.30. The van der Waals surface area contributed by atoms with Gasteiger partial charge < -0.3 is 20.1 Å². The molecule has 0 radical (unpaired) electrons.